The van der Waals surface area contributed by atoms with Crippen molar-refractivity contribution in [2.75, 3.05) is 7.05 Å². The van der Waals surface area contributed by atoms with E-state index in [1.807, 2.05) is 30.1 Å². The van der Waals surface area contributed by atoms with Gasteiger partial charge in [-0.3, -0.25) is 0 Å². The van der Waals surface area contributed by atoms with E-state index in [0.29, 0.717) is 21.3 Å². The molecule has 2 aromatic carbocycles. The van der Waals surface area contributed by atoms with Crippen LogP contribution in [0.3, 0.4) is 0 Å². The van der Waals surface area contributed by atoms with E-state index in [4.69, 9.17) is 23.2 Å². The van der Waals surface area contributed by atoms with Gasteiger partial charge in [-0.1, -0.05) is 71.4 Å². The third kappa shape index (κ3) is 4.32. The fourth-order valence-corrected chi connectivity index (χ4v) is 4.51. The normalized spacial score (nSPS) is 17.1. The van der Waals surface area contributed by atoms with Gasteiger partial charge in [-0.25, -0.2) is 9.79 Å². The van der Waals surface area contributed by atoms with Gasteiger partial charge in [-0.05, 0) is 30.2 Å². The molecule has 1 unspecified atom stereocenters. The predicted molar refractivity (Wildman–Crippen MR) is 112 cm³/mol. The summed E-state index contributed by atoms with van der Waals surface area (Å²) in [5.41, 5.74) is 2.55. The summed E-state index contributed by atoms with van der Waals surface area (Å²) in [7, 11) is 1.84. The van der Waals surface area contributed by atoms with Crippen LogP contribution in [0.15, 0.2) is 64.8 Å². The molecule has 0 saturated heterocycles. The van der Waals surface area contributed by atoms with Crippen molar-refractivity contribution in [3.05, 3.63) is 81.0 Å². The number of rotatable bonds is 4. The Morgan fingerprint density at radius 2 is 1.93 bits per heavy atom. The molecule has 4 nitrogen and oxygen atoms in total. The highest BCUT2D eigenvalue weighted by Crippen LogP contribution is 2.40. The zero-order valence-electron chi connectivity index (χ0n) is 14.8. The largest absolute Gasteiger partial charge is 0.478 e. The second-order valence-corrected chi connectivity index (χ2v) is 7.94. The Bertz CT molecular complexity index is 929. The minimum atomic E-state index is -1.01. The molecule has 2 aromatic rings. The number of halogens is 2. The van der Waals surface area contributed by atoms with E-state index in [1.165, 1.54) is 5.56 Å². The lowest BCUT2D eigenvalue weighted by Crippen LogP contribution is -2.36. The number of thioether (sulfide) groups is 1. The van der Waals surface area contributed by atoms with Crippen LogP contribution in [0.25, 0.3) is 0 Å². The highest BCUT2D eigenvalue weighted by Gasteiger charge is 2.35. The molecule has 27 heavy (non-hydrogen) atoms. The zero-order valence-corrected chi connectivity index (χ0v) is 17.1. The van der Waals surface area contributed by atoms with Crippen molar-refractivity contribution in [3.63, 3.8) is 0 Å². The minimum Gasteiger partial charge on any atom is -0.478 e. The first-order chi connectivity index (χ1) is 12.9. The number of benzene rings is 2. The summed E-state index contributed by atoms with van der Waals surface area (Å²) in [6.07, 6.45) is 0. The van der Waals surface area contributed by atoms with Crippen LogP contribution in [0.2, 0.25) is 10.0 Å². The van der Waals surface area contributed by atoms with E-state index in [-0.39, 0.29) is 5.57 Å². The summed E-state index contributed by atoms with van der Waals surface area (Å²) in [6, 6.07) is 14.6. The maximum atomic E-state index is 11.9. The van der Waals surface area contributed by atoms with Gasteiger partial charge in [0.25, 0.3) is 0 Å². The third-order valence-corrected chi connectivity index (χ3v) is 5.99. The Hall–Kier alpha value is -1.95. The Morgan fingerprint density at radius 1 is 1.22 bits per heavy atom. The van der Waals surface area contributed by atoms with E-state index < -0.39 is 12.0 Å². The lowest BCUT2D eigenvalue weighted by Gasteiger charge is -2.35. The summed E-state index contributed by atoms with van der Waals surface area (Å²) in [5, 5.41) is 11.5. The van der Waals surface area contributed by atoms with Gasteiger partial charge in [-0.15, -0.1) is 0 Å². The Morgan fingerprint density at radius 3 is 2.56 bits per heavy atom. The Labute approximate surface area is 172 Å². The maximum Gasteiger partial charge on any atom is 0.335 e. The molecule has 1 aliphatic heterocycles. The average molecular weight is 421 g/mol. The van der Waals surface area contributed by atoms with Crippen LogP contribution in [0.4, 0.5) is 0 Å². The number of allylic oxidation sites excluding steroid dienone is 1. The highest BCUT2D eigenvalue weighted by atomic mass is 35.5. The number of carboxylic acid groups (broad SMARTS) is 1. The van der Waals surface area contributed by atoms with Crippen molar-refractivity contribution in [1.82, 2.24) is 4.90 Å². The molecule has 7 heteroatoms. The molecule has 1 N–H and O–H groups in total. The van der Waals surface area contributed by atoms with Crippen LogP contribution in [-0.2, 0) is 10.5 Å². The van der Waals surface area contributed by atoms with Crippen LogP contribution in [0.1, 0.15) is 24.1 Å². The molecular formula is C20H18Cl2N2O2S. The first-order valence-electron chi connectivity index (χ1n) is 8.25. The van der Waals surface area contributed by atoms with Crippen molar-refractivity contribution >= 4 is 46.1 Å². The number of aliphatic imine (C=N–C) groups is 1. The molecule has 0 aliphatic carbocycles. The third-order valence-electron chi connectivity index (χ3n) is 4.31. The topological polar surface area (TPSA) is 52.9 Å². The number of carboxylic acids is 1. The predicted octanol–water partition coefficient (Wildman–Crippen LogP) is 5.63. The molecule has 3 rings (SSSR count). The zero-order chi connectivity index (χ0) is 19.6. The van der Waals surface area contributed by atoms with E-state index in [9.17, 15) is 9.90 Å². The molecule has 0 aromatic heterocycles. The standard InChI is InChI=1S/C20H18Cl2N2O2S/c1-12-17(19(25)26)18(15-9-8-14(21)10-16(15)22)24(2)20(23-12)27-11-13-6-4-3-5-7-13/h3-10,18H,11H2,1-2H3,(H,25,26). The van der Waals surface area contributed by atoms with Gasteiger partial charge >= 0.3 is 5.97 Å². The van der Waals surface area contributed by atoms with E-state index in [1.54, 1.807) is 36.9 Å². The monoisotopic (exact) mass is 420 g/mol. The number of hydrogen-bond donors (Lipinski definition) is 1. The van der Waals surface area contributed by atoms with Gasteiger partial charge < -0.3 is 10.0 Å². The van der Waals surface area contributed by atoms with Crippen molar-refractivity contribution in [3.8, 4) is 0 Å². The van der Waals surface area contributed by atoms with E-state index >= 15 is 0 Å². The number of hydrogen-bond acceptors (Lipinski definition) is 4. The summed E-state index contributed by atoms with van der Waals surface area (Å²) >= 11 is 14.0. The summed E-state index contributed by atoms with van der Waals surface area (Å²) in [6.45, 7) is 1.72. The number of likely N-dealkylation sites (N-methyl/N-ethyl adjacent to an activating group) is 1. The molecular weight excluding hydrogens is 403 g/mol. The molecule has 0 amide bonds. The molecule has 0 radical (unpaired) electrons. The van der Waals surface area contributed by atoms with Crippen LogP contribution >= 0.6 is 35.0 Å². The van der Waals surface area contributed by atoms with Crippen molar-refractivity contribution in [2.45, 2.75) is 18.7 Å². The van der Waals surface area contributed by atoms with Gasteiger partial charge in [0.1, 0.15) is 0 Å². The fourth-order valence-electron chi connectivity index (χ4n) is 3.00. The van der Waals surface area contributed by atoms with Gasteiger partial charge in [0.2, 0.25) is 0 Å². The maximum absolute atomic E-state index is 11.9. The number of carbonyl (C=O) groups is 1. The second-order valence-electron chi connectivity index (χ2n) is 6.15. The smallest absolute Gasteiger partial charge is 0.335 e. The molecule has 1 aliphatic rings. The number of nitrogens with zero attached hydrogens (tertiary/aromatic N) is 2. The van der Waals surface area contributed by atoms with Crippen molar-refractivity contribution in [1.29, 1.82) is 0 Å². The van der Waals surface area contributed by atoms with Crippen molar-refractivity contribution < 1.29 is 9.90 Å². The van der Waals surface area contributed by atoms with Crippen LogP contribution in [0.5, 0.6) is 0 Å². The van der Waals surface area contributed by atoms with Gasteiger partial charge in [0, 0.05) is 22.8 Å². The minimum absolute atomic E-state index is 0.214. The van der Waals surface area contributed by atoms with Crippen molar-refractivity contribution in [2.24, 2.45) is 4.99 Å². The van der Waals surface area contributed by atoms with Gasteiger partial charge in [0.15, 0.2) is 5.17 Å². The molecule has 140 valence electrons. The fraction of sp³-hybridized carbons (Fsp3) is 0.200. The number of aliphatic carboxylic acids is 1. The molecule has 0 saturated carbocycles. The Balaban J connectivity index is 1.97. The summed E-state index contributed by atoms with van der Waals surface area (Å²) in [5.74, 6) is -0.271. The van der Waals surface area contributed by atoms with E-state index in [0.717, 1.165) is 10.9 Å². The quantitative estimate of drug-likeness (QED) is 0.696. The molecule has 0 bridgehead atoms. The SMILES string of the molecule is CC1=C(C(=O)O)C(c2ccc(Cl)cc2Cl)N(C)C(SCc2ccccc2)=N1. The van der Waals surface area contributed by atoms with Gasteiger partial charge in [-0.2, -0.15) is 0 Å². The molecule has 0 spiro atoms. The van der Waals surface area contributed by atoms with E-state index in [2.05, 4.69) is 17.1 Å². The lowest BCUT2D eigenvalue weighted by molar-refractivity contribution is -0.133. The second kappa shape index (κ2) is 8.38. The summed E-state index contributed by atoms with van der Waals surface area (Å²) in [4.78, 5) is 18.3. The molecule has 1 atom stereocenters. The highest BCUT2D eigenvalue weighted by molar-refractivity contribution is 8.13. The summed E-state index contributed by atoms with van der Waals surface area (Å²) < 4.78 is 0. The van der Waals surface area contributed by atoms with Crippen LogP contribution < -0.4 is 0 Å². The van der Waals surface area contributed by atoms with Crippen LogP contribution in [-0.4, -0.2) is 28.2 Å². The van der Waals surface area contributed by atoms with Gasteiger partial charge in [0.05, 0.1) is 17.3 Å². The lowest BCUT2D eigenvalue weighted by atomic mass is 9.95. The average Bonchev–Trinajstić information content (AvgIpc) is 2.63. The first-order valence-corrected chi connectivity index (χ1v) is 10.00. The Kier molecular flexibility index (Phi) is 6.15. The number of amidine groups is 1. The molecule has 0 fully saturated rings. The first kappa shape index (κ1) is 19.8. The molecule has 1 heterocycles. The van der Waals surface area contributed by atoms with Crippen LogP contribution in [0, 0.1) is 0 Å².